The second kappa shape index (κ2) is 6.79. The van der Waals surface area contributed by atoms with Crippen LogP contribution in [0.2, 0.25) is 0 Å². The maximum absolute atomic E-state index is 13.0. The molecule has 0 radical (unpaired) electrons. The Morgan fingerprint density at radius 3 is 2.83 bits per heavy atom. The summed E-state index contributed by atoms with van der Waals surface area (Å²) in [5.41, 5.74) is 3.83. The summed E-state index contributed by atoms with van der Waals surface area (Å²) >= 11 is 0. The Hall–Kier alpha value is -2.11. The van der Waals surface area contributed by atoms with Crippen molar-refractivity contribution in [3.8, 4) is 0 Å². The standard InChI is InChI=1S/C18H27N5O/c1-5-23-17(10-15(21-23)12(2)3)18(24)22-8-6-7-14(11-22)16-9-13(4)19-20-16/h9-10,12,14H,5-8,11H2,1-4H3,(H,19,20). The number of piperidine rings is 1. The van der Waals surface area contributed by atoms with Crippen molar-refractivity contribution < 1.29 is 4.79 Å². The van der Waals surface area contributed by atoms with Gasteiger partial charge in [-0.25, -0.2) is 0 Å². The maximum atomic E-state index is 13.0. The van der Waals surface area contributed by atoms with Gasteiger partial charge in [0.25, 0.3) is 5.91 Å². The van der Waals surface area contributed by atoms with E-state index in [4.69, 9.17) is 0 Å². The van der Waals surface area contributed by atoms with Gasteiger partial charge in [0.1, 0.15) is 5.69 Å². The molecule has 0 aliphatic carbocycles. The number of carbonyl (C=O) groups is 1. The lowest BCUT2D eigenvalue weighted by Gasteiger charge is -2.32. The molecule has 1 fully saturated rings. The van der Waals surface area contributed by atoms with Crippen LogP contribution in [0.5, 0.6) is 0 Å². The summed E-state index contributed by atoms with van der Waals surface area (Å²) in [6.07, 6.45) is 2.10. The molecule has 130 valence electrons. The van der Waals surface area contributed by atoms with Crippen LogP contribution >= 0.6 is 0 Å². The van der Waals surface area contributed by atoms with Crippen LogP contribution in [0.1, 0.15) is 73.0 Å². The first-order valence-corrected chi connectivity index (χ1v) is 8.88. The zero-order chi connectivity index (χ0) is 17.3. The highest BCUT2D eigenvalue weighted by Gasteiger charge is 2.29. The van der Waals surface area contributed by atoms with E-state index in [1.54, 1.807) is 0 Å². The van der Waals surface area contributed by atoms with Crippen LogP contribution in [0.4, 0.5) is 0 Å². The van der Waals surface area contributed by atoms with Crippen LogP contribution in [0.3, 0.4) is 0 Å². The second-order valence-corrected chi connectivity index (χ2v) is 6.99. The molecule has 0 aromatic carbocycles. The maximum Gasteiger partial charge on any atom is 0.272 e. The number of nitrogens with one attached hydrogen (secondary N) is 1. The Bertz CT molecular complexity index is 715. The molecule has 24 heavy (non-hydrogen) atoms. The fourth-order valence-corrected chi connectivity index (χ4v) is 3.35. The third kappa shape index (κ3) is 3.23. The Morgan fingerprint density at radius 1 is 1.42 bits per heavy atom. The van der Waals surface area contributed by atoms with Crippen molar-refractivity contribution >= 4 is 5.91 Å². The molecular formula is C18H27N5O. The van der Waals surface area contributed by atoms with Gasteiger partial charge in [-0.3, -0.25) is 14.6 Å². The van der Waals surface area contributed by atoms with Gasteiger partial charge >= 0.3 is 0 Å². The van der Waals surface area contributed by atoms with Crippen molar-refractivity contribution in [2.75, 3.05) is 13.1 Å². The summed E-state index contributed by atoms with van der Waals surface area (Å²) in [5, 5.41) is 12.0. The van der Waals surface area contributed by atoms with Crippen molar-refractivity contribution in [3.63, 3.8) is 0 Å². The topological polar surface area (TPSA) is 66.8 Å². The number of rotatable bonds is 4. The van der Waals surface area contributed by atoms with E-state index in [0.29, 0.717) is 24.1 Å². The quantitative estimate of drug-likeness (QED) is 0.937. The summed E-state index contributed by atoms with van der Waals surface area (Å²) in [7, 11) is 0. The molecule has 2 aromatic rings. The molecule has 2 aromatic heterocycles. The monoisotopic (exact) mass is 329 g/mol. The van der Waals surface area contributed by atoms with E-state index in [0.717, 1.165) is 43.0 Å². The smallest absolute Gasteiger partial charge is 0.272 e. The van der Waals surface area contributed by atoms with Crippen LogP contribution < -0.4 is 0 Å². The largest absolute Gasteiger partial charge is 0.337 e. The number of amides is 1. The lowest BCUT2D eigenvalue weighted by molar-refractivity contribution is 0.0693. The van der Waals surface area contributed by atoms with Gasteiger partial charge in [0.05, 0.1) is 11.4 Å². The normalized spacial score (nSPS) is 18.4. The molecular weight excluding hydrogens is 302 g/mol. The summed E-state index contributed by atoms with van der Waals surface area (Å²) < 4.78 is 1.83. The number of nitrogens with zero attached hydrogens (tertiary/aromatic N) is 4. The summed E-state index contributed by atoms with van der Waals surface area (Å²) in [5.74, 6) is 0.730. The number of hydrogen-bond acceptors (Lipinski definition) is 3. The molecule has 1 aliphatic heterocycles. The number of likely N-dealkylation sites (tertiary alicyclic amines) is 1. The van der Waals surface area contributed by atoms with Crippen LogP contribution in [0, 0.1) is 6.92 Å². The fourth-order valence-electron chi connectivity index (χ4n) is 3.35. The third-order valence-electron chi connectivity index (χ3n) is 4.76. The fraction of sp³-hybridized carbons (Fsp3) is 0.611. The molecule has 0 saturated carbocycles. The summed E-state index contributed by atoms with van der Waals surface area (Å²) in [6, 6.07) is 4.05. The van der Waals surface area contributed by atoms with Gasteiger partial charge in [-0.2, -0.15) is 10.2 Å². The van der Waals surface area contributed by atoms with Gasteiger partial charge in [0, 0.05) is 31.2 Å². The molecule has 6 heteroatoms. The first-order valence-electron chi connectivity index (χ1n) is 8.88. The molecule has 6 nitrogen and oxygen atoms in total. The lowest BCUT2D eigenvalue weighted by atomic mass is 9.94. The Kier molecular flexibility index (Phi) is 4.73. The van der Waals surface area contributed by atoms with Crippen LogP contribution in [0.25, 0.3) is 0 Å². The molecule has 3 heterocycles. The molecule has 1 unspecified atom stereocenters. The van der Waals surface area contributed by atoms with Crippen molar-refractivity contribution in [2.24, 2.45) is 0 Å². The molecule has 1 saturated heterocycles. The molecule has 1 amide bonds. The van der Waals surface area contributed by atoms with Crippen LogP contribution in [0.15, 0.2) is 12.1 Å². The Balaban J connectivity index is 1.79. The third-order valence-corrected chi connectivity index (χ3v) is 4.76. The zero-order valence-corrected chi connectivity index (χ0v) is 15.0. The highest BCUT2D eigenvalue weighted by Crippen LogP contribution is 2.27. The highest BCUT2D eigenvalue weighted by atomic mass is 16.2. The van der Waals surface area contributed by atoms with Gasteiger partial charge in [-0.15, -0.1) is 0 Å². The average Bonchev–Trinajstić information content (AvgIpc) is 3.20. The minimum absolute atomic E-state index is 0.0909. The van der Waals surface area contributed by atoms with Gasteiger partial charge in [-0.1, -0.05) is 13.8 Å². The van der Waals surface area contributed by atoms with E-state index in [9.17, 15) is 4.79 Å². The van der Waals surface area contributed by atoms with Crippen molar-refractivity contribution in [2.45, 2.75) is 58.9 Å². The predicted octanol–water partition coefficient (Wildman–Crippen LogP) is 3.08. The minimum atomic E-state index is 0.0909. The average molecular weight is 329 g/mol. The molecule has 3 rings (SSSR count). The molecule has 1 aliphatic rings. The lowest BCUT2D eigenvalue weighted by Crippen LogP contribution is -2.40. The minimum Gasteiger partial charge on any atom is -0.337 e. The number of aryl methyl sites for hydroxylation is 2. The van der Waals surface area contributed by atoms with E-state index >= 15 is 0 Å². The van der Waals surface area contributed by atoms with Crippen LogP contribution in [-0.4, -0.2) is 43.9 Å². The molecule has 0 bridgehead atoms. The van der Waals surface area contributed by atoms with Gasteiger partial charge in [0.15, 0.2) is 0 Å². The number of carbonyl (C=O) groups excluding carboxylic acids is 1. The first kappa shape index (κ1) is 16.7. The van der Waals surface area contributed by atoms with Crippen molar-refractivity contribution in [1.82, 2.24) is 24.9 Å². The van der Waals surface area contributed by atoms with Gasteiger partial charge < -0.3 is 4.90 Å². The Labute approximate surface area is 143 Å². The van der Waals surface area contributed by atoms with Gasteiger partial charge in [-0.05, 0) is 44.7 Å². The number of aromatic amines is 1. The molecule has 0 spiro atoms. The van der Waals surface area contributed by atoms with Crippen molar-refractivity contribution in [1.29, 1.82) is 0 Å². The molecule has 1 atom stereocenters. The molecule has 1 N–H and O–H groups in total. The highest BCUT2D eigenvalue weighted by molar-refractivity contribution is 5.92. The first-order chi connectivity index (χ1) is 11.5. The summed E-state index contributed by atoms with van der Waals surface area (Å²) in [4.78, 5) is 15.0. The van der Waals surface area contributed by atoms with E-state index in [2.05, 4.69) is 35.2 Å². The number of H-pyrrole nitrogens is 1. The Morgan fingerprint density at radius 2 is 2.21 bits per heavy atom. The zero-order valence-electron chi connectivity index (χ0n) is 15.0. The number of aromatic nitrogens is 4. The van der Waals surface area contributed by atoms with E-state index in [-0.39, 0.29) is 5.91 Å². The van der Waals surface area contributed by atoms with E-state index < -0.39 is 0 Å². The predicted molar refractivity (Wildman–Crippen MR) is 93.2 cm³/mol. The second-order valence-electron chi connectivity index (χ2n) is 6.99. The summed E-state index contributed by atoms with van der Waals surface area (Å²) in [6.45, 7) is 10.5. The van der Waals surface area contributed by atoms with Gasteiger partial charge in [0.2, 0.25) is 0 Å². The van der Waals surface area contributed by atoms with E-state index in [1.807, 2.05) is 29.5 Å². The SMILES string of the molecule is CCn1nc(C(C)C)cc1C(=O)N1CCCC(c2cc(C)[nH]n2)C1. The van der Waals surface area contributed by atoms with Crippen LogP contribution in [-0.2, 0) is 6.54 Å². The van der Waals surface area contributed by atoms with E-state index in [1.165, 1.54) is 0 Å². The van der Waals surface area contributed by atoms with Crippen molar-refractivity contribution in [3.05, 3.63) is 34.9 Å². The number of hydrogen-bond donors (Lipinski definition) is 1.